The molecule has 1 amide bonds. The highest BCUT2D eigenvalue weighted by Crippen LogP contribution is 2.14. The molecular weight excluding hydrogens is 326 g/mol. The fourth-order valence-corrected chi connectivity index (χ4v) is 2.78. The van der Waals surface area contributed by atoms with Crippen molar-refractivity contribution >= 4 is 28.3 Å². The summed E-state index contributed by atoms with van der Waals surface area (Å²) < 4.78 is 1.27. The van der Waals surface area contributed by atoms with E-state index in [1.54, 1.807) is 25.2 Å². The van der Waals surface area contributed by atoms with E-state index in [0.717, 1.165) is 5.56 Å². The Bertz CT molecular complexity index is 966. The van der Waals surface area contributed by atoms with E-state index in [1.165, 1.54) is 4.68 Å². The summed E-state index contributed by atoms with van der Waals surface area (Å²) in [6.07, 6.45) is 0.106. The van der Waals surface area contributed by atoms with Crippen LogP contribution in [0.15, 0.2) is 53.3 Å². The molecule has 1 N–H and O–H groups in total. The molecule has 3 aromatic rings. The largest absolute Gasteiger partial charge is 0.352 e. The maximum Gasteiger partial charge on any atom is 0.274 e. The number of hydrogen-bond acceptors (Lipinski definition) is 3. The molecule has 0 aliphatic rings. The number of nitrogens with zero attached hydrogens (tertiary/aromatic N) is 2. The molecule has 1 heterocycles. The molecular formula is C18H16ClN3O2. The molecule has 0 radical (unpaired) electrons. The second-order valence-electron chi connectivity index (χ2n) is 5.50. The van der Waals surface area contributed by atoms with Gasteiger partial charge in [0.15, 0.2) is 0 Å². The van der Waals surface area contributed by atoms with Gasteiger partial charge in [0.05, 0.1) is 17.5 Å². The highest BCUT2D eigenvalue weighted by atomic mass is 35.5. The van der Waals surface area contributed by atoms with Gasteiger partial charge >= 0.3 is 0 Å². The minimum atomic E-state index is -0.173. The van der Waals surface area contributed by atoms with Crippen molar-refractivity contribution in [2.75, 3.05) is 0 Å². The number of halogens is 1. The number of nitrogens with one attached hydrogen (secondary N) is 1. The van der Waals surface area contributed by atoms with Crippen LogP contribution in [0.25, 0.3) is 10.8 Å². The number of rotatable bonds is 4. The van der Waals surface area contributed by atoms with E-state index in [1.807, 2.05) is 30.3 Å². The summed E-state index contributed by atoms with van der Waals surface area (Å²) in [5.41, 5.74) is 1.33. The summed E-state index contributed by atoms with van der Waals surface area (Å²) in [5.74, 6) is -0.161. The van der Waals surface area contributed by atoms with Crippen LogP contribution in [0.1, 0.15) is 11.3 Å². The van der Waals surface area contributed by atoms with Crippen molar-refractivity contribution in [3.05, 3.63) is 75.2 Å². The number of aromatic nitrogens is 2. The monoisotopic (exact) mass is 341 g/mol. The first kappa shape index (κ1) is 16.2. The Morgan fingerprint density at radius 2 is 1.92 bits per heavy atom. The lowest BCUT2D eigenvalue weighted by atomic mass is 10.1. The molecule has 1 aromatic heterocycles. The summed E-state index contributed by atoms with van der Waals surface area (Å²) in [6.45, 7) is 0.392. The van der Waals surface area contributed by atoms with Gasteiger partial charge in [0.2, 0.25) is 5.91 Å². The van der Waals surface area contributed by atoms with Crippen molar-refractivity contribution in [3.8, 4) is 0 Å². The number of carbonyl (C=O) groups is 1. The number of benzene rings is 2. The van der Waals surface area contributed by atoms with E-state index in [9.17, 15) is 9.59 Å². The first-order valence-corrected chi connectivity index (χ1v) is 7.88. The van der Waals surface area contributed by atoms with Crippen LogP contribution in [0.2, 0.25) is 5.02 Å². The van der Waals surface area contributed by atoms with Crippen LogP contribution in [0, 0.1) is 0 Å². The van der Waals surface area contributed by atoms with E-state index < -0.39 is 0 Å². The molecule has 24 heavy (non-hydrogen) atoms. The molecule has 0 aliphatic heterocycles. The van der Waals surface area contributed by atoms with Crippen molar-refractivity contribution < 1.29 is 4.79 Å². The Labute approximate surface area is 143 Å². The predicted molar refractivity (Wildman–Crippen MR) is 94.0 cm³/mol. The third kappa shape index (κ3) is 3.46. The molecule has 0 bridgehead atoms. The Morgan fingerprint density at radius 1 is 1.17 bits per heavy atom. The summed E-state index contributed by atoms with van der Waals surface area (Å²) in [4.78, 5) is 24.3. The van der Waals surface area contributed by atoms with Gasteiger partial charge in [0.25, 0.3) is 5.56 Å². The van der Waals surface area contributed by atoms with Gasteiger partial charge < -0.3 is 5.32 Å². The minimum Gasteiger partial charge on any atom is -0.352 e. The molecule has 0 unspecified atom stereocenters. The van der Waals surface area contributed by atoms with Crippen molar-refractivity contribution in [3.63, 3.8) is 0 Å². The van der Waals surface area contributed by atoms with Gasteiger partial charge in [-0.3, -0.25) is 9.59 Å². The zero-order chi connectivity index (χ0) is 17.1. The van der Waals surface area contributed by atoms with Crippen molar-refractivity contribution in [2.24, 2.45) is 7.05 Å². The lowest BCUT2D eigenvalue weighted by molar-refractivity contribution is -0.120. The average Bonchev–Trinajstić information content (AvgIpc) is 2.58. The van der Waals surface area contributed by atoms with Gasteiger partial charge in [-0.25, -0.2) is 4.68 Å². The molecule has 0 spiro atoms. The summed E-state index contributed by atoms with van der Waals surface area (Å²) in [7, 11) is 1.59. The Morgan fingerprint density at radius 3 is 2.67 bits per heavy atom. The van der Waals surface area contributed by atoms with Crippen LogP contribution in [0.5, 0.6) is 0 Å². The molecule has 0 fully saturated rings. The quantitative estimate of drug-likeness (QED) is 0.792. The molecule has 6 heteroatoms. The van der Waals surface area contributed by atoms with Crippen LogP contribution in [-0.2, 0) is 24.8 Å². The molecule has 5 nitrogen and oxygen atoms in total. The van der Waals surface area contributed by atoms with Gasteiger partial charge in [-0.1, -0.05) is 41.9 Å². The second-order valence-corrected chi connectivity index (χ2v) is 5.94. The molecule has 0 saturated heterocycles. The topological polar surface area (TPSA) is 64.0 Å². The number of carbonyl (C=O) groups excluding carboxylic acids is 1. The third-order valence-corrected chi connectivity index (χ3v) is 3.97. The van der Waals surface area contributed by atoms with E-state index >= 15 is 0 Å². The Balaban J connectivity index is 1.78. The Hall–Kier alpha value is -2.66. The molecule has 0 aliphatic carbocycles. The highest BCUT2D eigenvalue weighted by Gasteiger charge is 2.12. The van der Waals surface area contributed by atoms with Crippen LogP contribution < -0.4 is 10.9 Å². The number of aryl methyl sites for hydroxylation is 1. The molecule has 0 atom stereocenters. The van der Waals surface area contributed by atoms with Crippen LogP contribution in [0.3, 0.4) is 0 Å². The maximum atomic E-state index is 12.2. The third-order valence-electron chi connectivity index (χ3n) is 3.74. The van der Waals surface area contributed by atoms with Gasteiger partial charge in [-0.15, -0.1) is 0 Å². The van der Waals surface area contributed by atoms with E-state index in [-0.39, 0.29) is 17.9 Å². The fraction of sp³-hybridized carbons (Fsp3) is 0.167. The summed E-state index contributed by atoms with van der Waals surface area (Å²) >= 11 is 5.93. The highest BCUT2D eigenvalue weighted by molar-refractivity contribution is 6.30. The van der Waals surface area contributed by atoms with E-state index in [0.29, 0.717) is 28.0 Å². The van der Waals surface area contributed by atoms with Crippen molar-refractivity contribution in [1.29, 1.82) is 0 Å². The minimum absolute atomic E-state index is 0.106. The smallest absolute Gasteiger partial charge is 0.274 e. The average molecular weight is 342 g/mol. The SMILES string of the molecule is Cn1nc(CC(=O)NCc2cccc(Cl)c2)c2ccccc2c1=O. The molecule has 2 aromatic carbocycles. The van der Waals surface area contributed by atoms with Crippen molar-refractivity contribution in [2.45, 2.75) is 13.0 Å². The van der Waals surface area contributed by atoms with Crippen LogP contribution >= 0.6 is 11.6 Å². The van der Waals surface area contributed by atoms with Gasteiger partial charge in [-0.05, 0) is 23.8 Å². The zero-order valence-corrected chi connectivity index (χ0v) is 13.9. The zero-order valence-electron chi connectivity index (χ0n) is 13.1. The number of amides is 1. The van der Waals surface area contributed by atoms with Crippen LogP contribution in [0.4, 0.5) is 0 Å². The summed E-state index contributed by atoms with van der Waals surface area (Å²) in [5, 5.41) is 8.98. The van der Waals surface area contributed by atoms with Crippen LogP contribution in [-0.4, -0.2) is 15.7 Å². The van der Waals surface area contributed by atoms with Gasteiger partial charge in [-0.2, -0.15) is 5.10 Å². The molecule has 122 valence electrons. The molecule has 0 saturated carbocycles. The maximum absolute atomic E-state index is 12.2. The summed E-state index contributed by atoms with van der Waals surface area (Å²) in [6, 6.07) is 14.5. The van der Waals surface area contributed by atoms with Crippen molar-refractivity contribution in [1.82, 2.24) is 15.1 Å². The second kappa shape index (κ2) is 6.84. The normalized spacial score (nSPS) is 10.8. The standard InChI is InChI=1S/C18H16ClN3O2/c1-22-18(24)15-8-3-2-7-14(15)16(21-22)10-17(23)20-11-12-5-4-6-13(19)9-12/h2-9H,10-11H2,1H3,(H,20,23). The predicted octanol–water partition coefficient (Wildman–Crippen LogP) is 2.45. The fourth-order valence-electron chi connectivity index (χ4n) is 2.57. The van der Waals surface area contributed by atoms with Gasteiger partial charge in [0, 0.05) is 24.0 Å². The Kier molecular flexibility index (Phi) is 4.62. The van der Waals surface area contributed by atoms with E-state index in [2.05, 4.69) is 10.4 Å². The lowest BCUT2D eigenvalue weighted by Gasteiger charge is -2.09. The number of hydrogen-bond donors (Lipinski definition) is 1. The lowest BCUT2D eigenvalue weighted by Crippen LogP contribution is -2.27. The number of fused-ring (bicyclic) bond motifs is 1. The first-order chi connectivity index (χ1) is 11.5. The van der Waals surface area contributed by atoms with E-state index in [4.69, 9.17) is 11.6 Å². The molecule has 3 rings (SSSR count). The first-order valence-electron chi connectivity index (χ1n) is 7.50. The van der Waals surface area contributed by atoms with Gasteiger partial charge in [0.1, 0.15) is 0 Å².